The van der Waals surface area contributed by atoms with Crippen LogP contribution in [0.2, 0.25) is 0 Å². The van der Waals surface area contributed by atoms with Crippen LogP contribution in [0.15, 0.2) is 22.8 Å². The van der Waals surface area contributed by atoms with Crippen molar-refractivity contribution in [2.75, 3.05) is 13.1 Å². The summed E-state index contributed by atoms with van der Waals surface area (Å²) < 4.78 is 5.28. The van der Waals surface area contributed by atoms with Gasteiger partial charge in [0.1, 0.15) is 5.76 Å². The first-order valence-corrected chi connectivity index (χ1v) is 6.74. The molecule has 1 atom stereocenters. The molecule has 0 saturated carbocycles. The Labute approximate surface area is 109 Å². The Hall–Kier alpha value is -1.29. The number of rotatable bonds is 9. The molecule has 18 heavy (non-hydrogen) atoms. The molecular formula is C14H24N2O2. The van der Waals surface area contributed by atoms with Crippen molar-refractivity contribution in [2.24, 2.45) is 0 Å². The molecular weight excluding hydrogens is 228 g/mol. The highest BCUT2D eigenvalue weighted by molar-refractivity contribution is 5.75. The third-order valence-corrected chi connectivity index (χ3v) is 2.82. The molecule has 1 amide bonds. The zero-order chi connectivity index (χ0) is 13.2. The van der Waals surface area contributed by atoms with Crippen LogP contribution in [0, 0.1) is 0 Å². The molecule has 0 radical (unpaired) electrons. The molecule has 4 heteroatoms. The van der Waals surface area contributed by atoms with Crippen LogP contribution in [-0.2, 0) is 11.2 Å². The van der Waals surface area contributed by atoms with Crippen LogP contribution in [-0.4, -0.2) is 25.0 Å². The van der Waals surface area contributed by atoms with Gasteiger partial charge in [-0.05, 0) is 31.9 Å². The number of hydrogen-bond acceptors (Lipinski definition) is 3. The van der Waals surface area contributed by atoms with Gasteiger partial charge >= 0.3 is 0 Å². The third kappa shape index (κ3) is 6.45. The van der Waals surface area contributed by atoms with E-state index in [0.717, 1.165) is 38.1 Å². The minimum atomic E-state index is 0.127. The predicted octanol–water partition coefficient (Wildman–Crippen LogP) is 2.11. The average Bonchev–Trinajstić information content (AvgIpc) is 2.87. The van der Waals surface area contributed by atoms with E-state index in [2.05, 4.69) is 24.5 Å². The summed E-state index contributed by atoms with van der Waals surface area (Å²) in [4.78, 5) is 11.4. The van der Waals surface area contributed by atoms with E-state index in [-0.39, 0.29) is 5.91 Å². The molecule has 0 spiro atoms. The Morgan fingerprint density at radius 3 is 2.94 bits per heavy atom. The molecule has 1 heterocycles. The Morgan fingerprint density at radius 2 is 2.28 bits per heavy atom. The standard InChI is InChI=1S/C14H24N2O2/c1-3-9-16-14(17)8-10-15-12(2)6-7-13-5-4-11-18-13/h4-5,11-12,15H,3,6-10H2,1-2H3,(H,16,17). The Bertz CT molecular complexity index is 323. The monoisotopic (exact) mass is 252 g/mol. The van der Waals surface area contributed by atoms with Gasteiger partial charge in [0, 0.05) is 32.0 Å². The summed E-state index contributed by atoms with van der Waals surface area (Å²) in [5.41, 5.74) is 0. The largest absolute Gasteiger partial charge is 0.469 e. The quantitative estimate of drug-likeness (QED) is 0.707. The first-order chi connectivity index (χ1) is 8.72. The Balaban J connectivity index is 2.02. The molecule has 0 aliphatic heterocycles. The zero-order valence-electron chi connectivity index (χ0n) is 11.4. The molecule has 0 aliphatic carbocycles. The fraction of sp³-hybridized carbons (Fsp3) is 0.643. The molecule has 0 fully saturated rings. The molecule has 0 bridgehead atoms. The summed E-state index contributed by atoms with van der Waals surface area (Å²) >= 11 is 0. The van der Waals surface area contributed by atoms with Crippen LogP contribution in [0.25, 0.3) is 0 Å². The molecule has 1 aromatic rings. The molecule has 102 valence electrons. The fourth-order valence-corrected chi connectivity index (χ4v) is 1.70. The van der Waals surface area contributed by atoms with Gasteiger partial charge in [-0.1, -0.05) is 6.92 Å². The Morgan fingerprint density at radius 1 is 1.44 bits per heavy atom. The number of nitrogens with one attached hydrogen (secondary N) is 2. The van der Waals surface area contributed by atoms with Crippen LogP contribution < -0.4 is 10.6 Å². The lowest BCUT2D eigenvalue weighted by Crippen LogP contribution is -2.32. The molecule has 1 aromatic heterocycles. The van der Waals surface area contributed by atoms with Crippen molar-refractivity contribution in [3.8, 4) is 0 Å². The highest BCUT2D eigenvalue weighted by Crippen LogP contribution is 2.05. The molecule has 0 aliphatic rings. The van der Waals surface area contributed by atoms with Crippen LogP contribution in [0.5, 0.6) is 0 Å². The smallest absolute Gasteiger partial charge is 0.221 e. The van der Waals surface area contributed by atoms with E-state index in [1.165, 1.54) is 0 Å². The van der Waals surface area contributed by atoms with E-state index in [1.807, 2.05) is 12.1 Å². The summed E-state index contributed by atoms with van der Waals surface area (Å²) in [6, 6.07) is 4.30. The zero-order valence-corrected chi connectivity index (χ0v) is 11.4. The van der Waals surface area contributed by atoms with E-state index in [0.29, 0.717) is 12.5 Å². The van der Waals surface area contributed by atoms with Gasteiger partial charge in [0.15, 0.2) is 0 Å². The molecule has 1 unspecified atom stereocenters. The maximum absolute atomic E-state index is 11.4. The maximum Gasteiger partial charge on any atom is 0.221 e. The first kappa shape index (κ1) is 14.8. The number of carbonyl (C=O) groups is 1. The van der Waals surface area contributed by atoms with E-state index in [4.69, 9.17) is 4.42 Å². The van der Waals surface area contributed by atoms with Gasteiger partial charge in [-0.25, -0.2) is 0 Å². The highest BCUT2D eigenvalue weighted by atomic mass is 16.3. The van der Waals surface area contributed by atoms with Gasteiger partial charge in [-0.3, -0.25) is 4.79 Å². The van der Waals surface area contributed by atoms with Gasteiger partial charge in [0.25, 0.3) is 0 Å². The lowest BCUT2D eigenvalue weighted by molar-refractivity contribution is -0.121. The minimum absolute atomic E-state index is 0.127. The topological polar surface area (TPSA) is 54.3 Å². The predicted molar refractivity (Wildman–Crippen MR) is 72.4 cm³/mol. The lowest BCUT2D eigenvalue weighted by atomic mass is 10.1. The van der Waals surface area contributed by atoms with Crippen molar-refractivity contribution < 1.29 is 9.21 Å². The summed E-state index contributed by atoms with van der Waals surface area (Å²) in [5.74, 6) is 1.15. The highest BCUT2D eigenvalue weighted by Gasteiger charge is 2.05. The van der Waals surface area contributed by atoms with E-state index < -0.39 is 0 Å². The Kier molecular flexibility index (Phi) is 7.18. The second-order valence-electron chi connectivity index (χ2n) is 4.57. The van der Waals surface area contributed by atoms with Gasteiger partial charge in [-0.15, -0.1) is 0 Å². The van der Waals surface area contributed by atoms with E-state index in [9.17, 15) is 4.79 Å². The number of furan rings is 1. The van der Waals surface area contributed by atoms with Crippen molar-refractivity contribution >= 4 is 5.91 Å². The minimum Gasteiger partial charge on any atom is -0.469 e. The second kappa shape index (κ2) is 8.75. The summed E-state index contributed by atoms with van der Waals surface area (Å²) in [6.07, 6.45) is 5.18. The van der Waals surface area contributed by atoms with Crippen LogP contribution in [0.4, 0.5) is 0 Å². The SMILES string of the molecule is CCCNC(=O)CCNC(C)CCc1ccco1. The maximum atomic E-state index is 11.4. The van der Waals surface area contributed by atoms with Gasteiger partial charge in [0.2, 0.25) is 5.91 Å². The number of amides is 1. The van der Waals surface area contributed by atoms with Gasteiger partial charge in [-0.2, -0.15) is 0 Å². The van der Waals surface area contributed by atoms with Crippen molar-refractivity contribution in [1.29, 1.82) is 0 Å². The second-order valence-corrected chi connectivity index (χ2v) is 4.57. The molecule has 2 N–H and O–H groups in total. The molecule has 4 nitrogen and oxygen atoms in total. The average molecular weight is 252 g/mol. The van der Waals surface area contributed by atoms with Crippen LogP contribution in [0.3, 0.4) is 0 Å². The number of carbonyl (C=O) groups excluding carboxylic acids is 1. The first-order valence-electron chi connectivity index (χ1n) is 6.74. The van der Waals surface area contributed by atoms with Crippen molar-refractivity contribution in [3.63, 3.8) is 0 Å². The van der Waals surface area contributed by atoms with Crippen molar-refractivity contribution in [1.82, 2.24) is 10.6 Å². The lowest BCUT2D eigenvalue weighted by Gasteiger charge is -2.12. The van der Waals surface area contributed by atoms with Gasteiger partial charge < -0.3 is 15.1 Å². The van der Waals surface area contributed by atoms with Crippen LogP contribution in [0.1, 0.15) is 38.9 Å². The number of hydrogen-bond donors (Lipinski definition) is 2. The van der Waals surface area contributed by atoms with Crippen molar-refractivity contribution in [3.05, 3.63) is 24.2 Å². The van der Waals surface area contributed by atoms with E-state index in [1.54, 1.807) is 6.26 Å². The normalized spacial score (nSPS) is 12.3. The number of aryl methyl sites for hydroxylation is 1. The third-order valence-electron chi connectivity index (χ3n) is 2.82. The fourth-order valence-electron chi connectivity index (χ4n) is 1.70. The summed E-state index contributed by atoms with van der Waals surface area (Å²) in [7, 11) is 0. The summed E-state index contributed by atoms with van der Waals surface area (Å²) in [6.45, 7) is 5.68. The molecule has 1 rings (SSSR count). The molecule has 0 aromatic carbocycles. The van der Waals surface area contributed by atoms with Crippen LogP contribution >= 0.6 is 0 Å². The van der Waals surface area contributed by atoms with E-state index >= 15 is 0 Å². The van der Waals surface area contributed by atoms with Crippen molar-refractivity contribution in [2.45, 2.75) is 45.6 Å². The molecule has 0 saturated heterocycles. The summed E-state index contributed by atoms with van der Waals surface area (Å²) in [5, 5.41) is 6.22. The van der Waals surface area contributed by atoms with Gasteiger partial charge in [0.05, 0.1) is 6.26 Å².